The lowest BCUT2D eigenvalue weighted by Gasteiger charge is -2.38. The maximum Gasteiger partial charge on any atom is 0.391 e. The molecule has 1 atom stereocenters. The molecule has 1 unspecified atom stereocenters. The van der Waals surface area contributed by atoms with Crippen LogP contribution in [0.5, 0.6) is 5.88 Å². The summed E-state index contributed by atoms with van der Waals surface area (Å²) in [5.74, 6) is -0.257. The first-order chi connectivity index (χ1) is 13.8. The van der Waals surface area contributed by atoms with E-state index in [-0.39, 0.29) is 11.4 Å². The summed E-state index contributed by atoms with van der Waals surface area (Å²) in [5.41, 5.74) is -3.14. The van der Waals surface area contributed by atoms with Crippen LogP contribution in [-0.4, -0.2) is 40.3 Å². The van der Waals surface area contributed by atoms with Crippen molar-refractivity contribution in [2.75, 3.05) is 6.61 Å². The molecule has 30 heavy (non-hydrogen) atoms. The molecule has 0 bridgehead atoms. The highest BCUT2D eigenvalue weighted by Crippen LogP contribution is 2.42. The predicted octanol–water partition coefficient (Wildman–Crippen LogP) is 3.17. The summed E-state index contributed by atoms with van der Waals surface area (Å²) in [6.45, 7) is 0.878. The zero-order chi connectivity index (χ0) is 22.6. The lowest BCUT2D eigenvalue weighted by atomic mass is 9.82. The van der Waals surface area contributed by atoms with Crippen molar-refractivity contribution < 1.29 is 36.2 Å². The summed E-state index contributed by atoms with van der Waals surface area (Å²) in [6, 6.07) is 6.24. The van der Waals surface area contributed by atoms with E-state index in [4.69, 9.17) is 4.74 Å². The number of aryl methyl sites for hydroxylation is 1. The molecule has 0 spiro atoms. The van der Waals surface area contributed by atoms with Gasteiger partial charge in [-0.15, -0.1) is 0 Å². The molecule has 2 aromatic rings. The van der Waals surface area contributed by atoms with Crippen LogP contribution in [0.4, 0.5) is 26.3 Å². The van der Waals surface area contributed by atoms with Gasteiger partial charge in [0.1, 0.15) is 12.8 Å². The van der Waals surface area contributed by atoms with E-state index < -0.39 is 49.3 Å². The van der Waals surface area contributed by atoms with E-state index in [1.807, 2.05) is 5.32 Å². The molecule has 166 valence electrons. The first kappa shape index (κ1) is 23.7. The first-order valence-corrected chi connectivity index (χ1v) is 8.63. The molecule has 2 rings (SSSR count). The molecule has 1 aromatic heterocycles. The number of hydrogen-bond acceptors (Lipinski definition) is 5. The number of nitrogens with one attached hydrogen (secondary N) is 2. The fourth-order valence-corrected chi connectivity index (χ4v) is 2.97. The number of aromatic nitrogens is 2. The summed E-state index contributed by atoms with van der Waals surface area (Å²) < 4.78 is 84.6. The Bertz CT molecular complexity index is 864. The Morgan fingerprint density at radius 2 is 1.63 bits per heavy atom. The average Bonchev–Trinajstić information content (AvgIpc) is 2.57. The predicted molar refractivity (Wildman–Crippen MR) is 93.7 cm³/mol. The third-order valence-corrected chi connectivity index (χ3v) is 4.09. The zero-order valence-electron chi connectivity index (χ0n) is 15.6. The fourth-order valence-electron chi connectivity index (χ4n) is 2.97. The quantitative estimate of drug-likeness (QED) is 0.435. The molecule has 0 fully saturated rings. The number of halogens is 6. The minimum atomic E-state index is -4.97. The number of aromatic amines is 1. The Balaban J connectivity index is 2.34. The van der Waals surface area contributed by atoms with Gasteiger partial charge in [-0.25, -0.2) is 4.79 Å². The maximum absolute atomic E-state index is 13.3. The van der Waals surface area contributed by atoms with Crippen molar-refractivity contribution in [3.05, 3.63) is 58.1 Å². The van der Waals surface area contributed by atoms with Crippen molar-refractivity contribution >= 4 is 0 Å². The van der Waals surface area contributed by atoms with E-state index in [1.54, 1.807) is 6.92 Å². The van der Waals surface area contributed by atoms with Gasteiger partial charge in [0.25, 0.3) is 0 Å². The second-order valence-corrected chi connectivity index (χ2v) is 6.74. The van der Waals surface area contributed by atoms with Crippen LogP contribution >= 0.6 is 0 Å². The van der Waals surface area contributed by atoms with Gasteiger partial charge in [0.2, 0.25) is 5.88 Å². The highest BCUT2D eigenvalue weighted by molar-refractivity contribution is 5.29. The minimum Gasteiger partial charge on any atom is -0.473 e. The van der Waals surface area contributed by atoms with Crippen LogP contribution in [0, 0.1) is 6.92 Å². The van der Waals surface area contributed by atoms with Crippen LogP contribution in [0.3, 0.4) is 0 Å². The molecule has 0 aliphatic carbocycles. The Morgan fingerprint density at radius 1 is 1.07 bits per heavy atom. The molecule has 0 aliphatic heterocycles. The van der Waals surface area contributed by atoms with Gasteiger partial charge in [0.15, 0.2) is 0 Å². The van der Waals surface area contributed by atoms with E-state index in [0.29, 0.717) is 5.56 Å². The maximum atomic E-state index is 13.3. The van der Waals surface area contributed by atoms with E-state index >= 15 is 0 Å². The van der Waals surface area contributed by atoms with E-state index in [2.05, 4.69) is 9.97 Å². The van der Waals surface area contributed by atoms with Crippen molar-refractivity contribution in [2.24, 2.45) is 0 Å². The first-order valence-electron chi connectivity index (χ1n) is 8.63. The van der Waals surface area contributed by atoms with Crippen LogP contribution < -0.4 is 15.7 Å². The number of rotatable bonds is 8. The minimum absolute atomic E-state index is 0.257. The summed E-state index contributed by atoms with van der Waals surface area (Å²) in [4.78, 5) is 16.7. The molecular weight excluding hydrogens is 420 g/mol. The molecule has 0 saturated carbocycles. The smallest absolute Gasteiger partial charge is 0.391 e. The number of alkyl halides is 6. The van der Waals surface area contributed by atoms with Gasteiger partial charge in [-0.05, 0) is 12.5 Å². The molecule has 3 N–H and O–H groups in total. The average molecular weight is 439 g/mol. The Morgan fingerprint density at radius 3 is 2.13 bits per heavy atom. The largest absolute Gasteiger partial charge is 0.473 e. The van der Waals surface area contributed by atoms with Crippen molar-refractivity contribution in [3.8, 4) is 5.88 Å². The number of nitrogens with zero attached hydrogens (tertiary/aromatic N) is 1. The SMILES string of the molecule is Cc1ccc(C(CC(F)(F)F)(CC(F)(F)F)NC(O)COc2cc[nH]c(=O)n2)cc1. The molecular formula is C18H19F6N3O3. The lowest BCUT2D eigenvalue weighted by Crippen LogP contribution is -2.54. The van der Waals surface area contributed by atoms with Crippen LogP contribution in [0.15, 0.2) is 41.3 Å². The van der Waals surface area contributed by atoms with Crippen LogP contribution in [0.2, 0.25) is 0 Å². The van der Waals surface area contributed by atoms with Crippen LogP contribution in [-0.2, 0) is 5.54 Å². The fraction of sp³-hybridized carbons (Fsp3) is 0.444. The summed E-state index contributed by atoms with van der Waals surface area (Å²) in [5, 5.41) is 12.2. The molecule has 0 saturated heterocycles. The van der Waals surface area contributed by atoms with Crippen LogP contribution in [0.1, 0.15) is 24.0 Å². The van der Waals surface area contributed by atoms with Gasteiger partial charge in [0, 0.05) is 12.3 Å². The van der Waals surface area contributed by atoms with Gasteiger partial charge in [0.05, 0.1) is 18.4 Å². The third kappa shape index (κ3) is 7.34. The second-order valence-electron chi connectivity index (χ2n) is 6.74. The molecule has 0 amide bonds. The van der Waals surface area contributed by atoms with Crippen molar-refractivity contribution in [1.29, 1.82) is 0 Å². The molecule has 0 aliphatic rings. The topological polar surface area (TPSA) is 87.2 Å². The molecule has 1 aromatic carbocycles. The Kier molecular flexibility index (Phi) is 7.14. The van der Waals surface area contributed by atoms with Gasteiger partial charge < -0.3 is 14.8 Å². The summed E-state index contributed by atoms with van der Waals surface area (Å²) in [7, 11) is 0. The number of ether oxygens (including phenoxy) is 1. The number of H-pyrrole nitrogens is 1. The van der Waals surface area contributed by atoms with Crippen molar-refractivity contribution in [3.63, 3.8) is 0 Å². The van der Waals surface area contributed by atoms with Gasteiger partial charge in [-0.1, -0.05) is 29.8 Å². The number of hydrogen-bond donors (Lipinski definition) is 3. The van der Waals surface area contributed by atoms with Crippen LogP contribution in [0.25, 0.3) is 0 Å². The normalized spacial score (nSPS) is 13.9. The second kappa shape index (κ2) is 9.04. The number of aliphatic hydroxyl groups excluding tert-OH is 1. The zero-order valence-corrected chi connectivity index (χ0v) is 15.6. The molecule has 12 heteroatoms. The molecule has 1 heterocycles. The van der Waals surface area contributed by atoms with Gasteiger partial charge in [-0.3, -0.25) is 5.32 Å². The number of benzene rings is 1. The van der Waals surface area contributed by atoms with E-state index in [1.165, 1.54) is 24.4 Å². The standard InChI is InChI=1S/C18H19F6N3O3/c1-11-2-4-12(5-3-11)16(9-17(19,20)21,10-18(22,23)24)27-13(28)8-30-14-6-7-25-15(29)26-14/h2-7,13,27-28H,8-10H2,1H3,(H,25,26,29). The highest BCUT2D eigenvalue weighted by Gasteiger charge is 2.50. The van der Waals surface area contributed by atoms with Gasteiger partial charge in [-0.2, -0.15) is 31.3 Å². The lowest BCUT2D eigenvalue weighted by molar-refractivity contribution is -0.189. The van der Waals surface area contributed by atoms with Crippen molar-refractivity contribution in [2.45, 2.75) is 43.9 Å². The molecule has 0 radical (unpaired) electrons. The Labute approximate surface area is 166 Å². The summed E-state index contributed by atoms with van der Waals surface area (Å²) in [6.07, 6.45) is -14.5. The Hall–Kier alpha value is -2.60. The highest BCUT2D eigenvalue weighted by atomic mass is 19.4. The van der Waals surface area contributed by atoms with Gasteiger partial charge >= 0.3 is 18.0 Å². The van der Waals surface area contributed by atoms with Crippen molar-refractivity contribution in [1.82, 2.24) is 15.3 Å². The van der Waals surface area contributed by atoms with E-state index in [0.717, 1.165) is 12.1 Å². The number of aliphatic hydroxyl groups is 1. The summed E-state index contributed by atoms with van der Waals surface area (Å²) >= 11 is 0. The third-order valence-electron chi connectivity index (χ3n) is 4.09. The molecule has 6 nitrogen and oxygen atoms in total. The van der Waals surface area contributed by atoms with E-state index in [9.17, 15) is 36.2 Å². The monoisotopic (exact) mass is 439 g/mol.